The van der Waals surface area contributed by atoms with Crippen LogP contribution >= 0.6 is 11.6 Å². The van der Waals surface area contributed by atoms with Crippen molar-refractivity contribution in [2.45, 2.75) is 20.3 Å². The van der Waals surface area contributed by atoms with Gasteiger partial charge in [0.2, 0.25) is 5.91 Å². The highest BCUT2D eigenvalue weighted by Crippen LogP contribution is 2.33. The maximum atomic E-state index is 11.8. The van der Waals surface area contributed by atoms with Crippen LogP contribution in [0, 0.1) is 6.92 Å². The fraction of sp³-hybridized carbons (Fsp3) is 0.385. The number of rotatable bonds is 4. The number of halogens is 1. The van der Waals surface area contributed by atoms with Crippen molar-refractivity contribution in [1.29, 1.82) is 0 Å². The number of hydrogen-bond acceptors (Lipinski definition) is 3. The smallest absolute Gasteiger partial charge is 0.234 e. The second-order valence-electron chi connectivity index (χ2n) is 4.10. The molecule has 0 aliphatic rings. The van der Waals surface area contributed by atoms with Crippen LogP contribution in [0.1, 0.15) is 18.9 Å². The van der Waals surface area contributed by atoms with Gasteiger partial charge in [-0.25, -0.2) is 0 Å². The molecule has 0 saturated carbocycles. The normalized spacial score (nSPS) is 10.1. The van der Waals surface area contributed by atoms with Gasteiger partial charge in [0.05, 0.1) is 19.2 Å². The standard InChI is InChI=1S/C13H16ClNO3/c1-8-5-12(18-4)11(7-10(8)14)15(3)13(17)6-9(2)16/h5,7H,6H2,1-4H3. The minimum atomic E-state index is -0.291. The van der Waals surface area contributed by atoms with Gasteiger partial charge in [0.15, 0.2) is 0 Å². The third-order valence-corrected chi connectivity index (χ3v) is 3.00. The average Bonchev–Trinajstić information content (AvgIpc) is 2.30. The van der Waals surface area contributed by atoms with Gasteiger partial charge in [-0.15, -0.1) is 0 Å². The molecular weight excluding hydrogens is 254 g/mol. The maximum Gasteiger partial charge on any atom is 0.234 e. The number of ether oxygens (including phenoxy) is 1. The number of carbonyl (C=O) groups excluding carboxylic acids is 2. The molecule has 4 nitrogen and oxygen atoms in total. The van der Waals surface area contributed by atoms with E-state index in [1.54, 1.807) is 19.2 Å². The van der Waals surface area contributed by atoms with E-state index in [1.807, 2.05) is 6.92 Å². The van der Waals surface area contributed by atoms with Crippen LogP contribution in [0.5, 0.6) is 5.75 Å². The van der Waals surface area contributed by atoms with Crippen LogP contribution in [0.3, 0.4) is 0 Å². The summed E-state index contributed by atoms with van der Waals surface area (Å²) < 4.78 is 5.22. The van der Waals surface area contributed by atoms with Crippen LogP contribution in [0.2, 0.25) is 5.02 Å². The Morgan fingerprint density at radius 2 is 2.00 bits per heavy atom. The number of methoxy groups -OCH3 is 1. The fourth-order valence-electron chi connectivity index (χ4n) is 1.54. The number of Topliss-reactive ketones (excluding diaryl/α,β-unsaturated/α-hetero) is 1. The Hall–Kier alpha value is -1.55. The summed E-state index contributed by atoms with van der Waals surface area (Å²) in [5.74, 6) is 0.0843. The van der Waals surface area contributed by atoms with E-state index >= 15 is 0 Å². The molecule has 5 heteroatoms. The summed E-state index contributed by atoms with van der Waals surface area (Å²) in [6, 6.07) is 3.42. The van der Waals surface area contributed by atoms with Crippen LogP contribution < -0.4 is 9.64 Å². The lowest BCUT2D eigenvalue weighted by molar-refractivity contribution is -0.125. The molecule has 0 radical (unpaired) electrons. The number of aryl methyl sites for hydroxylation is 1. The summed E-state index contributed by atoms with van der Waals surface area (Å²) in [5.41, 5.74) is 1.42. The molecular formula is C13H16ClNO3. The van der Waals surface area contributed by atoms with E-state index in [9.17, 15) is 9.59 Å². The molecule has 0 heterocycles. The third-order valence-electron chi connectivity index (χ3n) is 2.60. The Labute approximate surface area is 111 Å². The number of ketones is 1. The van der Waals surface area contributed by atoms with Gasteiger partial charge in [-0.05, 0) is 31.5 Å². The van der Waals surface area contributed by atoms with E-state index in [0.717, 1.165) is 5.56 Å². The van der Waals surface area contributed by atoms with Crippen molar-refractivity contribution in [3.63, 3.8) is 0 Å². The number of benzene rings is 1. The lowest BCUT2D eigenvalue weighted by Crippen LogP contribution is -2.28. The first-order valence-corrected chi connectivity index (χ1v) is 5.84. The zero-order chi connectivity index (χ0) is 13.9. The highest BCUT2D eigenvalue weighted by Gasteiger charge is 2.18. The molecule has 0 fully saturated rings. The van der Waals surface area contributed by atoms with Gasteiger partial charge in [0.25, 0.3) is 0 Å². The Kier molecular flexibility index (Phi) is 4.73. The van der Waals surface area contributed by atoms with Gasteiger partial charge in [-0.1, -0.05) is 11.6 Å². The molecule has 98 valence electrons. The third kappa shape index (κ3) is 3.23. The SMILES string of the molecule is COc1cc(C)c(Cl)cc1N(C)C(=O)CC(C)=O. The largest absolute Gasteiger partial charge is 0.495 e. The Morgan fingerprint density at radius 1 is 1.39 bits per heavy atom. The lowest BCUT2D eigenvalue weighted by Gasteiger charge is -2.20. The molecule has 1 amide bonds. The molecule has 0 spiro atoms. The molecule has 0 bridgehead atoms. The van der Waals surface area contributed by atoms with Crippen LogP contribution in [0.15, 0.2) is 12.1 Å². The summed E-state index contributed by atoms with van der Waals surface area (Å²) in [6.07, 6.45) is -0.134. The first-order chi connectivity index (χ1) is 8.36. The molecule has 0 saturated heterocycles. The van der Waals surface area contributed by atoms with Crippen molar-refractivity contribution in [2.24, 2.45) is 0 Å². The van der Waals surface area contributed by atoms with E-state index in [0.29, 0.717) is 16.5 Å². The molecule has 0 aliphatic carbocycles. The van der Waals surface area contributed by atoms with Crippen LogP contribution in [-0.2, 0) is 9.59 Å². The fourth-order valence-corrected chi connectivity index (χ4v) is 1.69. The summed E-state index contributed by atoms with van der Waals surface area (Å²) in [4.78, 5) is 24.2. The highest BCUT2D eigenvalue weighted by atomic mass is 35.5. The summed E-state index contributed by atoms with van der Waals surface area (Å²) in [7, 11) is 3.12. The second kappa shape index (κ2) is 5.87. The molecule has 0 aliphatic heterocycles. The van der Waals surface area contributed by atoms with Crippen LogP contribution in [0.4, 0.5) is 5.69 Å². The van der Waals surface area contributed by atoms with Crippen molar-refractivity contribution in [1.82, 2.24) is 0 Å². The van der Waals surface area contributed by atoms with E-state index in [4.69, 9.17) is 16.3 Å². The Balaban J connectivity index is 3.11. The summed E-state index contributed by atoms with van der Waals surface area (Å²) >= 11 is 6.04. The monoisotopic (exact) mass is 269 g/mol. The van der Waals surface area contributed by atoms with Gasteiger partial charge in [0, 0.05) is 12.1 Å². The number of nitrogens with zero attached hydrogens (tertiary/aromatic N) is 1. The van der Waals surface area contributed by atoms with Crippen LogP contribution in [-0.4, -0.2) is 25.8 Å². The van der Waals surface area contributed by atoms with Crippen molar-refractivity contribution in [2.75, 3.05) is 19.1 Å². The van der Waals surface area contributed by atoms with Gasteiger partial charge in [-0.2, -0.15) is 0 Å². The predicted molar refractivity (Wildman–Crippen MR) is 71.4 cm³/mol. The van der Waals surface area contributed by atoms with Crippen molar-refractivity contribution >= 4 is 29.0 Å². The quantitative estimate of drug-likeness (QED) is 0.790. The summed E-state index contributed by atoms with van der Waals surface area (Å²) in [6.45, 7) is 3.23. The maximum absolute atomic E-state index is 11.8. The molecule has 1 rings (SSSR count). The average molecular weight is 270 g/mol. The van der Waals surface area contributed by atoms with E-state index in [-0.39, 0.29) is 18.1 Å². The molecule has 0 atom stereocenters. The van der Waals surface area contributed by atoms with E-state index < -0.39 is 0 Å². The molecule has 0 aromatic heterocycles. The first kappa shape index (κ1) is 14.5. The minimum Gasteiger partial charge on any atom is -0.495 e. The Bertz CT molecular complexity index is 485. The van der Waals surface area contributed by atoms with Gasteiger partial charge in [-0.3, -0.25) is 9.59 Å². The topological polar surface area (TPSA) is 46.6 Å². The first-order valence-electron chi connectivity index (χ1n) is 5.47. The van der Waals surface area contributed by atoms with Gasteiger partial charge >= 0.3 is 0 Å². The predicted octanol–water partition coefficient (Wildman–Crippen LogP) is 2.60. The van der Waals surface area contributed by atoms with Gasteiger partial charge < -0.3 is 9.64 Å². The zero-order valence-electron chi connectivity index (χ0n) is 10.9. The molecule has 18 heavy (non-hydrogen) atoms. The highest BCUT2D eigenvalue weighted by molar-refractivity contribution is 6.31. The van der Waals surface area contributed by atoms with Crippen molar-refractivity contribution < 1.29 is 14.3 Å². The lowest BCUT2D eigenvalue weighted by atomic mass is 10.2. The molecule has 1 aromatic carbocycles. The number of anilines is 1. The number of amides is 1. The molecule has 0 N–H and O–H groups in total. The van der Waals surface area contributed by atoms with Crippen molar-refractivity contribution in [3.05, 3.63) is 22.7 Å². The van der Waals surface area contributed by atoms with Crippen LogP contribution in [0.25, 0.3) is 0 Å². The van der Waals surface area contributed by atoms with E-state index in [2.05, 4.69) is 0 Å². The zero-order valence-corrected chi connectivity index (χ0v) is 11.7. The molecule has 0 unspecified atom stereocenters. The van der Waals surface area contributed by atoms with Gasteiger partial charge in [0.1, 0.15) is 11.5 Å². The molecule has 1 aromatic rings. The summed E-state index contributed by atoms with van der Waals surface area (Å²) in [5, 5.41) is 0.549. The van der Waals surface area contributed by atoms with E-state index in [1.165, 1.54) is 18.9 Å². The number of carbonyl (C=O) groups is 2. The number of hydrogen-bond donors (Lipinski definition) is 0. The van der Waals surface area contributed by atoms with Crippen molar-refractivity contribution in [3.8, 4) is 5.75 Å². The second-order valence-corrected chi connectivity index (χ2v) is 4.51. The minimum absolute atomic E-state index is 0.134. The Morgan fingerprint density at radius 3 is 2.50 bits per heavy atom.